The van der Waals surface area contributed by atoms with Gasteiger partial charge < -0.3 is 0 Å². The summed E-state index contributed by atoms with van der Waals surface area (Å²) >= 11 is -4.36. The van der Waals surface area contributed by atoms with Crippen LogP contribution in [-0.2, 0) is 27.0 Å². The zero-order valence-electron chi connectivity index (χ0n) is 15.9. The van der Waals surface area contributed by atoms with Crippen LogP contribution in [0, 0.1) is 0 Å². The van der Waals surface area contributed by atoms with Crippen LogP contribution in [0.2, 0.25) is 39.3 Å². The van der Waals surface area contributed by atoms with Gasteiger partial charge in [0.05, 0.1) is 0 Å². The van der Waals surface area contributed by atoms with Gasteiger partial charge in [0.2, 0.25) is 0 Å². The number of benzene rings is 2. The molecule has 0 saturated carbocycles. The first-order valence-corrected chi connectivity index (χ1v) is 19.3. The van der Waals surface area contributed by atoms with Crippen LogP contribution in [-0.4, -0.2) is 16.6 Å². The van der Waals surface area contributed by atoms with Gasteiger partial charge in [-0.05, 0) is 0 Å². The molecule has 2 aromatic carbocycles. The van der Waals surface area contributed by atoms with Crippen molar-refractivity contribution in [2.75, 3.05) is 0 Å². The molecule has 0 fully saturated rings. The molecule has 136 valence electrons. The molecule has 0 atom stereocenters. The van der Waals surface area contributed by atoms with E-state index in [1.807, 2.05) is 60.7 Å². The van der Waals surface area contributed by atoms with Gasteiger partial charge in [-0.15, -0.1) is 0 Å². The quantitative estimate of drug-likeness (QED) is 0.481. The van der Waals surface area contributed by atoms with E-state index < -0.39 is 38.7 Å². The van der Waals surface area contributed by atoms with Crippen molar-refractivity contribution in [2.45, 2.75) is 39.3 Å². The Balaban J connectivity index is 2.43. The van der Waals surface area contributed by atoms with Gasteiger partial charge in [0.25, 0.3) is 0 Å². The van der Waals surface area contributed by atoms with Crippen molar-refractivity contribution in [3.8, 4) is 11.5 Å². The van der Waals surface area contributed by atoms with E-state index in [1.54, 1.807) is 0 Å². The third kappa shape index (κ3) is 7.58. The molecule has 0 amide bonds. The Kier molecular flexibility index (Phi) is 6.85. The van der Waals surface area contributed by atoms with Crippen molar-refractivity contribution >= 4 is 16.6 Å². The van der Waals surface area contributed by atoms with Crippen LogP contribution in [0.25, 0.3) is 0 Å². The average molecular weight is 456 g/mol. The minimum absolute atomic E-state index is 0.728. The summed E-state index contributed by atoms with van der Waals surface area (Å²) in [5.41, 5.74) is 0. The summed E-state index contributed by atoms with van der Waals surface area (Å²) in [4.78, 5) is 0. The summed E-state index contributed by atoms with van der Waals surface area (Å²) in [6.45, 7) is 12.8. The number of hydrogen-bond donors (Lipinski definition) is 0. The molecule has 0 aliphatic rings. The van der Waals surface area contributed by atoms with Gasteiger partial charge in [-0.1, -0.05) is 0 Å². The van der Waals surface area contributed by atoms with Gasteiger partial charge in [-0.25, -0.2) is 0 Å². The van der Waals surface area contributed by atoms with Crippen molar-refractivity contribution < 1.29 is 32.7 Å². The third-order valence-electron chi connectivity index (χ3n) is 2.83. The molecule has 4 nitrogen and oxygen atoms in total. The maximum atomic E-state index is 6.53. The van der Waals surface area contributed by atoms with Crippen molar-refractivity contribution in [1.82, 2.24) is 0 Å². The zero-order valence-corrected chi connectivity index (χ0v) is 20.4. The summed E-state index contributed by atoms with van der Waals surface area (Å²) in [6, 6.07) is 19.4. The van der Waals surface area contributed by atoms with Crippen LogP contribution in [0.4, 0.5) is 0 Å². The first-order chi connectivity index (χ1) is 11.6. The zero-order chi connectivity index (χ0) is 18.6. The first kappa shape index (κ1) is 20.6. The molecule has 0 spiro atoms. The topological polar surface area (TPSA) is 36.9 Å². The molecule has 25 heavy (non-hydrogen) atoms. The second-order valence-electron chi connectivity index (χ2n) is 7.76. The Bertz CT molecular complexity index is 595. The molecule has 0 heterocycles. The van der Waals surface area contributed by atoms with Gasteiger partial charge >= 0.3 is 161 Å². The predicted octanol–water partition coefficient (Wildman–Crippen LogP) is 5.66. The molecule has 2 rings (SSSR count). The molecule has 0 radical (unpaired) electrons. The Morgan fingerprint density at radius 3 is 1.16 bits per heavy atom. The van der Waals surface area contributed by atoms with Crippen molar-refractivity contribution in [3.05, 3.63) is 60.7 Å². The molecule has 0 N–H and O–H groups in total. The Morgan fingerprint density at radius 2 is 0.880 bits per heavy atom. The van der Waals surface area contributed by atoms with Gasteiger partial charge in [-0.2, -0.15) is 0 Å². The van der Waals surface area contributed by atoms with E-state index in [2.05, 4.69) is 39.3 Å². The maximum absolute atomic E-state index is 6.53. The molecular weight excluding hydrogens is 428 g/mol. The molecular formula is C18H28O4Si2Zr. The van der Waals surface area contributed by atoms with Crippen molar-refractivity contribution in [2.24, 2.45) is 0 Å². The van der Waals surface area contributed by atoms with Gasteiger partial charge in [-0.3, -0.25) is 0 Å². The van der Waals surface area contributed by atoms with Crippen molar-refractivity contribution in [3.63, 3.8) is 0 Å². The standard InChI is InChI=1S/2C6H6O.2C3H9OSi.Zr/c2*7-6-4-2-1-3-5-6;2*1-5(2,3)4;/h2*1-5,7H;2*1-3H3;/q;;2*-1;+4/p-2. The van der Waals surface area contributed by atoms with E-state index in [0.717, 1.165) is 11.5 Å². The first-order valence-electron chi connectivity index (χ1n) is 8.45. The summed E-state index contributed by atoms with van der Waals surface area (Å²) in [7, 11) is -3.92. The predicted molar refractivity (Wildman–Crippen MR) is 103 cm³/mol. The molecule has 0 bridgehead atoms. The van der Waals surface area contributed by atoms with Crippen LogP contribution in [0.1, 0.15) is 0 Å². The SMILES string of the molecule is C[Si](C)(C)[O][Zr]([O]c1ccccc1)([O]c1ccccc1)[O][Si](C)(C)C. The molecule has 0 aliphatic heterocycles. The van der Waals surface area contributed by atoms with E-state index in [9.17, 15) is 0 Å². The summed E-state index contributed by atoms with van der Waals surface area (Å²) in [6.07, 6.45) is 0. The second-order valence-corrected chi connectivity index (χ2v) is 23.1. The van der Waals surface area contributed by atoms with Crippen LogP contribution in [0.3, 0.4) is 0 Å². The third-order valence-corrected chi connectivity index (χ3v) is 19.7. The van der Waals surface area contributed by atoms with E-state index in [1.165, 1.54) is 0 Å². The number of hydrogen-bond acceptors (Lipinski definition) is 4. The Labute approximate surface area is 160 Å². The summed E-state index contributed by atoms with van der Waals surface area (Å²) in [5, 5.41) is 0. The second kappa shape index (κ2) is 8.31. The molecule has 0 unspecified atom stereocenters. The Hall–Kier alpha value is -0.723. The monoisotopic (exact) mass is 454 g/mol. The van der Waals surface area contributed by atoms with Crippen LogP contribution in [0.5, 0.6) is 11.5 Å². The van der Waals surface area contributed by atoms with Gasteiger partial charge in [0, 0.05) is 0 Å². The molecule has 2 aromatic rings. The minimum atomic E-state index is -4.36. The number of para-hydroxylation sites is 2. The van der Waals surface area contributed by atoms with E-state index in [-0.39, 0.29) is 0 Å². The average Bonchev–Trinajstić information content (AvgIpc) is 2.45. The van der Waals surface area contributed by atoms with E-state index in [0.29, 0.717) is 0 Å². The summed E-state index contributed by atoms with van der Waals surface area (Å²) in [5.74, 6) is 1.46. The number of rotatable bonds is 8. The van der Waals surface area contributed by atoms with E-state index >= 15 is 0 Å². The van der Waals surface area contributed by atoms with Gasteiger partial charge in [0.15, 0.2) is 0 Å². The summed E-state index contributed by atoms with van der Waals surface area (Å²) < 4.78 is 25.8. The fourth-order valence-electron chi connectivity index (χ4n) is 2.14. The van der Waals surface area contributed by atoms with Crippen LogP contribution in [0.15, 0.2) is 60.7 Å². The normalized spacial score (nSPS) is 12.7. The van der Waals surface area contributed by atoms with E-state index in [4.69, 9.17) is 10.6 Å². The van der Waals surface area contributed by atoms with Crippen LogP contribution < -0.4 is 5.63 Å². The Morgan fingerprint density at radius 1 is 0.560 bits per heavy atom. The fourth-order valence-corrected chi connectivity index (χ4v) is 19.4. The molecule has 0 saturated heterocycles. The van der Waals surface area contributed by atoms with Crippen LogP contribution >= 0.6 is 0 Å². The van der Waals surface area contributed by atoms with Crippen molar-refractivity contribution in [1.29, 1.82) is 0 Å². The fraction of sp³-hybridized carbons (Fsp3) is 0.333. The van der Waals surface area contributed by atoms with Gasteiger partial charge in [0.1, 0.15) is 0 Å². The molecule has 0 aromatic heterocycles. The molecule has 7 heteroatoms. The molecule has 0 aliphatic carbocycles.